The lowest BCUT2D eigenvalue weighted by molar-refractivity contribution is -0.292. The van der Waals surface area contributed by atoms with Crippen LogP contribution in [0.25, 0.3) is 10.9 Å². The zero-order valence-corrected chi connectivity index (χ0v) is 13.1. The fourth-order valence-electron chi connectivity index (χ4n) is 2.76. The molecule has 0 bridgehead atoms. The molecule has 3 rings (SSSR count). The minimum Gasteiger partial charge on any atom is -0.479 e. The highest BCUT2D eigenvalue weighted by Crippen LogP contribution is 2.22. The van der Waals surface area contributed by atoms with Crippen LogP contribution in [0.5, 0.6) is 0 Å². The van der Waals surface area contributed by atoms with E-state index in [1.165, 1.54) is 10.8 Å². The third-order valence-corrected chi connectivity index (χ3v) is 4.07. The van der Waals surface area contributed by atoms with E-state index in [0.717, 1.165) is 0 Å². The second-order valence-corrected chi connectivity index (χ2v) is 5.80. The smallest absolute Gasteiger partial charge is 0.335 e. The highest BCUT2D eigenvalue weighted by atomic mass is 16.8. The van der Waals surface area contributed by atoms with E-state index < -0.39 is 36.7 Å². The lowest BCUT2D eigenvalue weighted by atomic mass is 9.99. The van der Waals surface area contributed by atoms with Gasteiger partial charge in [0.25, 0.3) is 6.29 Å². The molecule has 5 atom stereocenters. The van der Waals surface area contributed by atoms with Gasteiger partial charge in [0.2, 0.25) is 0 Å². The number of carboxylic acids is 1. The van der Waals surface area contributed by atoms with Gasteiger partial charge in [-0.05, 0) is 19.1 Å². The molecule has 1 fully saturated rings. The quantitative estimate of drug-likeness (QED) is 0.531. The molecule has 1 aromatic heterocycles. The van der Waals surface area contributed by atoms with E-state index in [0.29, 0.717) is 16.6 Å². The molecule has 0 aliphatic carbocycles. The van der Waals surface area contributed by atoms with Gasteiger partial charge in [-0.3, -0.25) is 4.79 Å². The minimum atomic E-state index is -1.81. The van der Waals surface area contributed by atoms with Crippen LogP contribution in [0.1, 0.15) is 5.69 Å². The van der Waals surface area contributed by atoms with Crippen LogP contribution in [0.15, 0.2) is 35.1 Å². The molecule has 1 aliphatic heterocycles. The zero-order valence-electron chi connectivity index (χ0n) is 13.1. The van der Waals surface area contributed by atoms with Crippen LogP contribution >= 0.6 is 0 Å². The summed E-state index contributed by atoms with van der Waals surface area (Å²) in [6.45, 7) is 1.59. The number of fused-ring (bicyclic) bond motifs is 1. The van der Waals surface area contributed by atoms with Crippen LogP contribution in [0.4, 0.5) is 0 Å². The molecule has 0 amide bonds. The first kappa shape index (κ1) is 17.4. The molecule has 0 spiro atoms. The Hall–Kier alpha value is -2.46. The van der Waals surface area contributed by atoms with Crippen molar-refractivity contribution in [2.75, 3.05) is 0 Å². The number of nitrogens with zero attached hydrogens (tertiary/aromatic N) is 1. The number of ether oxygens (including phenoxy) is 1. The van der Waals surface area contributed by atoms with Crippen molar-refractivity contribution in [3.63, 3.8) is 0 Å². The summed E-state index contributed by atoms with van der Waals surface area (Å²) in [6, 6.07) is 7.87. The van der Waals surface area contributed by atoms with Crippen LogP contribution in [0.2, 0.25) is 0 Å². The average molecular weight is 351 g/mol. The van der Waals surface area contributed by atoms with Crippen LogP contribution < -0.4 is 10.3 Å². The summed E-state index contributed by atoms with van der Waals surface area (Å²) in [5.74, 6) is -1.51. The van der Waals surface area contributed by atoms with E-state index in [1.807, 2.05) is 0 Å². The number of aliphatic carboxylic acids is 1. The molecule has 1 aliphatic rings. The van der Waals surface area contributed by atoms with Crippen molar-refractivity contribution < 1.29 is 34.8 Å². The topological polar surface area (TPSA) is 138 Å². The van der Waals surface area contributed by atoms with Crippen molar-refractivity contribution in [2.24, 2.45) is 0 Å². The lowest BCUT2D eigenvalue weighted by Gasteiger charge is -2.38. The van der Waals surface area contributed by atoms with Gasteiger partial charge in [-0.2, -0.15) is 4.73 Å². The van der Waals surface area contributed by atoms with Gasteiger partial charge in [0.1, 0.15) is 18.3 Å². The molecule has 134 valence electrons. The number of pyridine rings is 1. The molecule has 9 heteroatoms. The van der Waals surface area contributed by atoms with Gasteiger partial charge < -0.3 is 30.0 Å². The van der Waals surface area contributed by atoms with E-state index in [2.05, 4.69) is 0 Å². The number of benzene rings is 1. The van der Waals surface area contributed by atoms with Gasteiger partial charge in [0, 0.05) is 11.5 Å². The maximum atomic E-state index is 12.0. The number of carbonyl (C=O) groups is 1. The predicted octanol–water partition coefficient (Wildman–Crippen LogP) is -1.37. The summed E-state index contributed by atoms with van der Waals surface area (Å²) in [6.07, 6.45) is -8.60. The third-order valence-electron chi connectivity index (χ3n) is 4.07. The van der Waals surface area contributed by atoms with E-state index in [9.17, 15) is 24.9 Å². The third kappa shape index (κ3) is 2.98. The second-order valence-electron chi connectivity index (χ2n) is 5.80. The van der Waals surface area contributed by atoms with E-state index in [-0.39, 0.29) is 5.43 Å². The molecule has 4 N–H and O–H groups in total. The summed E-state index contributed by atoms with van der Waals surface area (Å²) in [5, 5.41) is 39.1. The first-order valence-corrected chi connectivity index (χ1v) is 7.52. The van der Waals surface area contributed by atoms with Crippen LogP contribution in [-0.2, 0) is 9.53 Å². The molecule has 3 unspecified atom stereocenters. The standard InChI is InChI=1S/C16H17NO8/c1-7-6-10(18)8-4-2-3-5-9(8)17(7)25-16-13(21)11(19)12(20)14(24-16)15(22)23/h2-6,11-14,16,19-21H,1H3,(H,22,23)/t11?,12-,13?,14?,16+/m0/s1. The van der Waals surface area contributed by atoms with Crippen molar-refractivity contribution in [2.45, 2.75) is 37.6 Å². The first-order valence-electron chi connectivity index (χ1n) is 7.52. The predicted molar refractivity (Wildman–Crippen MR) is 83.8 cm³/mol. The molecule has 0 saturated carbocycles. The number of para-hydroxylation sites is 1. The molecule has 2 aromatic rings. The van der Waals surface area contributed by atoms with Crippen molar-refractivity contribution in [3.05, 3.63) is 46.2 Å². The SMILES string of the molecule is Cc1cc(=O)c2ccccc2n1O[C@H]1OC(C(=O)O)[C@@H](O)C(O)C1O. The van der Waals surface area contributed by atoms with Crippen molar-refractivity contribution in [1.82, 2.24) is 4.73 Å². The average Bonchev–Trinajstić information content (AvgIpc) is 2.58. The maximum absolute atomic E-state index is 12.0. The van der Waals surface area contributed by atoms with Crippen molar-refractivity contribution in [3.8, 4) is 0 Å². The van der Waals surface area contributed by atoms with Gasteiger partial charge in [0.05, 0.1) is 11.2 Å². The summed E-state index contributed by atoms with van der Waals surface area (Å²) in [4.78, 5) is 28.7. The van der Waals surface area contributed by atoms with Crippen LogP contribution in [0.3, 0.4) is 0 Å². The number of carboxylic acid groups (broad SMARTS) is 1. The van der Waals surface area contributed by atoms with Crippen LogP contribution in [-0.4, -0.2) is 61.8 Å². The monoisotopic (exact) mass is 351 g/mol. The first-order chi connectivity index (χ1) is 11.8. The van der Waals surface area contributed by atoms with Crippen molar-refractivity contribution in [1.29, 1.82) is 0 Å². The largest absolute Gasteiger partial charge is 0.479 e. The number of aryl methyl sites for hydroxylation is 1. The fourth-order valence-corrected chi connectivity index (χ4v) is 2.76. The molecule has 0 radical (unpaired) electrons. The van der Waals surface area contributed by atoms with Gasteiger partial charge in [0.15, 0.2) is 11.5 Å². The molecular weight excluding hydrogens is 334 g/mol. The Morgan fingerprint density at radius 2 is 1.84 bits per heavy atom. The Bertz CT molecular complexity index is 863. The Labute approximate surface area is 141 Å². The Morgan fingerprint density at radius 1 is 1.16 bits per heavy atom. The minimum absolute atomic E-state index is 0.225. The van der Waals surface area contributed by atoms with E-state index >= 15 is 0 Å². The maximum Gasteiger partial charge on any atom is 0.335 e. The number of hydrogen-bond donors (Lipinski definition) is 4. The molecule has 25 heavy (non-hydrogen) atoms. The second kappa shape index (κ2) is 6.45. The number of hydrogen-bond acceptors (Lipinski definition) is 7. The molecule has 9 nitrogen and oxygen atoms in total. The number of aliphatic hydroxyl groups excluding tert-OH is 3. The summed E-state index contributed by atoms with van der Waals surface area (Å²) >= 11 is 0. The highest BCUT2D eigenvalue weighted by Gasteiger charge is 2.48. The molecule has 2 heterocycles. The van der Waals surface area contributed by atoms with Gasteiger partial charge in [-0.15, -0.1) is 0 Å². The molecule has 1 saturated heterocycles. The van der Waals surface area contributed by atoms with E-state index in [4.69, 9.17) is 14.7 Å². The Balaban J connectivity index is 2.00. The molecule has 1 aromatic carbocycles. The Kier molecular flexibility index (Phi) is 4.48. The van der Waals surface area contributed by atoms with Gasteiger partial charge in [-0.1, -0.05) is 12.1 Å². The highest BCUT2D eigenvalue weighted by molar-refractivity contribution is 5.78. The molecular formula is C16H17NO8. The lowest BCUT2D eigenvalue weighted by Crippen LogP contribution is -2.62. The van der Waals surface area contributed by atoms with E-state index in [1.54, 1.807) is 31.2 Å². The number of aromatic nitrogens is 1. The summed E-state index contributed by atoms with van der Waals surface area (Å²) < 4.78 is 6.32. The number of aliphatic hydroxyl groups is 3. The summed E-state index contributed by atoms with van der Waals surface area (Å²) in [5.41, 5.74) is 0.541. The normalized spacial score (nSPS) is 29.5. The zero-order chi connectivity index (χ0) is 18.3. The van der Waals surface area contributed by atoms with Crippen LogP contribution in [0, 0.1) is 6.92 Å². The number of rotatable bonds is 3. The van der Waals surface area contributed by atoms with Gasteiger partial charge in [-0.25, -0.2) is 4.79 Å². The fraction of sp³-hybridized carbons (Fsp3) is 0.375. The summed E-state index contributed by atoms with van der Waals surface area (Å²) in [7, 11) is 0. The van der Waals surface area contributed by atoms with Crippen molar-refractivity contribution >= 4 is 16.9 Å². The van der Waals surface area contributed by atoms with Gasteiger partial charge >= 0.3 is 5.97 Å². The Morgan fingerprint density at radius 3 is 2.52 bits per heavy atom.